The Bertz CT molecular complexity index is 74.9. The topological polar surface area (TPSA) is 32.3 Å². The first-order chi connectivity index (χ1) is 3.84. The molecule has 2 N–H and O–H groups in total. The molecule has 48 valence electrons. The number of rotatable bonds is 1. The number of hydrogen-bond donors (Lipinski definition) is 2. The van der Waals surface area contributed by atoms with Gasteiger partial charge < -0.3 is 10.4 Å². The second-order valence-electron chi connectivity index (χ2n) is 2.51. The van der Waals surface area contributed by atoms with Gasteiger partial charge in [-0.3, -0.25) is 0 Å². The number of aliphatic hydroxyl groups is 1. The Morgan fingerprint density at radius 2 is 2.50 bits per heavy atom. The average molecular weight is 115 g/mol. The van der Waals surface area contributed by atoms with Crippen LogP contribution in [0.2, 0.25) is 0 Å². The minimum absolute atomic E-state index is 0.293. The van der Waals surface area contributed by atoms with E-state index in [1.807, 2.05) is 0 Å². The van der Waals surface area contributed by atoms with Gasteiger partial charge in [0.15, 0.2) is 0 Å². The molecule has 0 aromatic heterocycles. The molecule has 8 heavy (non-hydrogen) atoms. The predicted molar refractivity (Wildman–Crippen MR) is 32.7 cm³/mol. The van der Waals surface area contributed by atoms with E-state index in [2.05, 4.69) is 12.2 Å². The van der Waals surface area contributed by atoms with Gasteiger partial charge in [-0.2, -0.15) is 0 Å². The van der Waals surface area contributed by atoms with E-state index >= 15 is 0 Å². The van der Waals surface area contributed by atoms with Crippen molar-refractivity contribution in [3.8, 4) is 0 Å². The molecule has 1 unspecified atom stereocenters. The van der Waals surface area contributed by atoms with Crippen LogP contribution in [0.3, 0.4) is 0 Å². The predicted octanol–water partition coefficient (Wildman–Crippen LogP) is -0.0233. The average Bonchev–Trinajstić information content (AvgIpc) is 2.14. The largest absolute Gasteiger partial charge is 0.395 e. The molecule has 0 saturated carbocycles. The van der Waals surface area contributed by atoms with Gasteiger partial charge in [-0.15, -0.1) is 0 Å². The lowest BCUT2D eigenvalue weighted by molar-refractivity contribution is 0.233. The van der Waals surface area contributed by atoms with Crippen LogP contribution >= 0.6 is 0 Å². The molecule has 0 aromatic carbocycles. The lowest BCUT2D eigenvalue weighted by Crippen LogP contribution is -2.29. The first-order valence-electron chi connectivity index (χ1n) is 3.19. The molecule has 1 saturated heterocycles. The van der Waals surface area contributed by atoms with Crippen LogP contribution in [0.25, 0.3) is 0 Å². The molecule has 0 bridgehead atoms. The molecule has 0 radical (unpaired) electrons. The summed E-state index contributed by atoms with van der Waals surface area (Å²) in [4.78, 5) is 0. The van der Waals surface area contributed by atoms with E-state index < -0.39 is 0 Å². The maximum absolute atomic E-state index is 8.67. The molecule has 1 heterocycles. The van der Waals surface area contributed by atoms with Crippen molar-refractivity contribution < 1.29 is 5.11 Å². The van der Waals surface area contributed by atoms with Crippen molar-refractivity contribution in [1.29, 1.82) is 0 Å². The second-order valence-corrected chi connectivity index (χ2v) is 2.51. The summed E-state index contributed by atoms with van der Waals surface area (Å²) in [5.41, 5.74) is 0. The standard InChI is InChI=1S/C6H13NO/c1-5-2-3-7-6(5)4-8/h5-8H,2-4H2,1H3/t5?,6-/m0/s1. The molecule has 1 aliphatic rings. The molecule has 0 aliphatic carbocycles. The summed E-state index contributed by atoms with van der Waals surface area (Å²) in [5.74, 6) is 0.667. The van der Waals surface area contributed by atoms with E-state index in [0.29, 0.717) is 18.6 Å². The van der Waals surface area contributed by atoms with Gasteiger partial charge in [0.1, 0.15) is 0 Å². The Kier molecular flexibility index (Phi) is 1.86. The molecular formula is C6H13NO. The molecular weight excluding hydrogens is 102 g/mol. The minimum atomic E-state index is 0.293. The van der Waals surface area contributed by atoms with Crippen LogP contribution in [0.5, 0.6) is 0 Å². The monoisotopic (exact) mass is 115 g/mol. The molecule has 0 spiro atoms. The zero-order chi connectivity index (χ0) is 5.98. The third kappa shape index (κ3) is 1.01. The van der Waals surface area contributed by atoms with Crippen LogP contribution in [-0.4, -0.2) is 24.3 Å². The summed E-state index contributed by atoms with van der Waals surface area (Å²) >= 11 is 0. The number of hydrogen-bond acceptors (Lipinski definition) is 2. The van der Waals surface area contributed by atoms with Crippen LogP contribution in [0.4, 0.5) is 0 Å². The Morgan fingerprint density at radius 3 is 2.75 bits per heavy atom. The van der Waals surface area contributed by atoms with Gasteiger partial charge >= 0.3 is 0 Å². The molecule has 2 nitrogen and oxygen atoms in total. The van der Waals surface area contributed by atoms with Gasteiger partial charge in [-0.1, -0.05) is 6.92 Å². The molecule has 0 aromatic rings. The summed E-state index contributed by atoms with van der Waals surface area (Å²) in [5, 5.41) is 11.9. The van der Waals surface area contributed by atoms with Crippen LogP contribution in [0.1, 0.15) is 13.3 Å². The van der Waals surface area contributed by atoms with E-state index in [4.69, 9.17) is 5.11 Å². The van der Waals surface area contributed by atoms with E-state index in [9.17, 15) is 0 Å². The first-order valence-corrected chi connectivity index (χ1v) is 3.19. The maximum Gasteiger partial charge on any atom is 0.0587 e. The van der Waals surface area contributed by atoms with Crippen LogP contribution in [-0.2, 0) is 0 Å². The van der Waals surface area contributed by atoms with Gasteiger partial charge in [0.2, 0.25) is 0 Å². The van der Waals surface area contributed by atoms with Gasteiger partial charge in [-0.05, 0) is 18.9 Å². The maximum atomic E-state index is 8.67. The zero-order valence-electron chi connectivity index (χ0n) is 5.22. The fourth-order valence-electron chi connectivity index (χ4n) is 1.14. The summed E-state index contributed by atoms with van der Waals surface area (Å²) in [7, 11) is 0. The summed E-state index contributed by atoms with van der Waals surface area (Å²) in [6.07, 6.45) is 1.21. The van der Waals surface area contributed by atoms with Crippen molar-refractivity contribution in [3.63, 3.8) is 0 Å². The smallest absolute Gasteiger partial charge is 0.0587 e. The van der Waals surface area contributed by atoms with E-state index in [1.54, 1.807) is 0 Å². The summed E-state index contributed by atoms with van der Waals surface area (Å²) < 4.78 is 0. The third-order valence-electron chi connectivity index (χ3n) is 1.89. The van der Waals surface area contributed by atoms with Gasteiger partial charge in [0.25, 0.3) is 0 Å². The molecule has 0 amide bonds. The number of nitrogens with one attached hydrogen (secondary N) is 1. The van der Waals surface area contributed by atoms with E-state index in [-0.39, 0.29) is 0 Å². The van der Waals surface area contributed by atoms with Crippen LogP contribution in [0.15, 0.2) is 0 Å². The van der Waals surface area contributed by atoms with Crippen molar-refractivity contribution in [2.45, 2.75) is 19.4 Å². The van der Waals surface area contributed by atoms with E-state index in [0.717, 1.165) is 6.54 Å². The molecule has 1 rings (SSSR count). The van der Waals surface area contributed by atoms with Gasteiger partial charge in [0, 0.05) is 6.04 Å². The van der Waals surface area contributed by atoms with Crippen molar-refractivity contribution in [3.05, 3.63) is 0 Å². The summed E-state index contributed by atoms with van der Waals surface area (Å²) in [6, 6.07) is 0.370. The Morgan fingerprint density at radius 1 is 1.75 bits per heavy atom. The third-order valence-corrected chi connectivity index (χ3v) is 1.89. The van der Waals surface area contributed by atoms with Crippen LogP contribution in [0, 0.1) is 5.92 Å². The highest BCUT2D eigenvalue weighted by atomic mass is 16.3. The first kappa shape index (κ1) is 6.05. The summed E-state index contributed by atoms with van der Waals surface area (Å²) in [6.45, 7) is 3.54. The normalized spacial score (nSPS) is 38.2. The fourth-order valence-corrected chi connectivity index (χ4v) is 1.14. The number of aliphatic hydroxyl groups excluding tert-OH is 1. The molecule has 2 heteroatoms. The van der Waals surface area contributed by atoms with Crippen LogP contribution < -0.4 is 5.32 Å². The van der Waals surface area contributed by atoms with Crippen molar-refractivity contribution in [2.75, 3.05) is 13.2 Å². The Hall–Kier alpha value is -0.0800. The minimum Gasteiger partial charge on any atom is -0.395 e. The highest BCUT2D eigenvalue weighted by Gasteiger charge is 2.20. The fraction of sp³-hybridized carbons (Fsp3) is 1.00. The Balaban J connectivity index is 2.30. The molecule has 1 aliphatic heterocycles. The van der Waals surface area contributed by atoms with Gasteiger partial charge in [-0.25, -0.2) is 0 Å². The lowest BCUT2D eigenvalue weighted by atomic mass is 10.1. The lowest BCUT2D eigenvalue weighted by Gasteiger charge is -2.10. The molecule has 1 fully saturated rings. The van der Waals surface area contributed by atoms with Crippen molar-refractivity contribution in [1.82, 2.24) is 5.32 Å². The zero-order valence-corrected chi connectivity index (χ0v) is 5.22. The van der Waals surface area contributed by atoms with E-state index in [1.165, 1.54) is 6.42 Å². The van der Waals surface area contributed by atoms with Crippen molar-refractivity contribution in [2.24, 2.45) is 5.92 Å². The highest BCUT2D eigenvalue weighted by Crippen LogP contribution is 2.12. The Labute approximate surface area is 49.9 Å². The SMILES string of the molecule is CC1CCN[C@H]1CO. The van der Waals surface area contributed by atoms with Crippen molar-refractivity contribution >= 4 is 0 Å². The highest BCUT2D eigenvalue weighted by molar-refractivity contribution is 4.79. The quantitative estimate of drug-likeness (QED) is 0.503. The van der Waals surface area contributed by atoms with Gasteiger partial charge in [0.05, 0.1) is 6.61 Å². The molecule has 2 atom stereocenters. The second kappa shape index (κ2) is 2.46.